The third-order valence-corrected chi connectivity index (χ3v) is 8.95. The number of aromatic nitrogens is 1. The first kappa shape index (κ1) is 23.3. The molecule has 2 atom stereocenters. The van der Waals surface area contributed by atoms with E-state index in [9.17, 15) is 10.1 Å². The Kier molecular flexibility index (Phi) is 6.30. The molecule has 2 aromatic rings. The molecular formula is C29H35N5O2. The first-order valence-electron chi connectivity index (χ1n) is 13.5. The van der Waals surface area contributed by atoms with Gasteiger partial charge in [-0.3, -0.25) is 4.79 Å². The normalized spacial score (nSPS) is 31.2. The summed E-state index contributed by atoms with van der Waals surface area (Å²) in [6.45, 7) is 0.679. The molecule has 1 aliphatic heterocycles. The number of rotatable bonds is 7. The Bertz CT molecular complexity index is 1100. The Balaban J connectivity index is 1.19. The van der Waals surface area contributed by atoms with Gasteiger partial charge in [-0.25, -0.2) is 4.98 Å². The zero-order valence-electron chi connectivity index (χ0n) is 20.7. The van der Waals surface area contributed by atoms with Crippen molar-refractivity contribution in [1.82, 2.24) is 15.2 Å². The van der Waals surface area contributed by atoms with E-state index in [4.69, 9.17) is 10.5 Å². The van der Waals surface area contributed by atoms with Crippen molar-refractivity contribution >= 4 is 11.6 Å². The minimum absolute atomic E-state index is 0.0826. The van der Waals surface area contributed by atoms with Crippen molar-refractivity contribution in [1.29, 1.82) is 5.26 Å². The molecule has 1 amide bonds. The summed E-state index contributed by atoms with van der Waals surface area (Å²) in [5, 5.41) is 13.5. The van der Waals surface area contributed by atoms with Crippen molar-refractivity contribution in [3.8, 4) is 17.7 Å². The Labute approximate surface area is 213 Å². The monoisotopic (exact) mass is 485 g/mol. The van der Waals surface area contributed by atoms with Crippen LogP contribution < -0.4 is 15.8 Å². The van der Waals surface area contributed by atoms with E-state index in [1.807, 2.05) is 29.2 Å². The molecule has 36 heavy (non-hydrogen) atoms. The summed E-state index contributed by atoms with van der Waals surface area (Å²) in [7, 11) is 0. The average molecular weight is 486 g/mol. The number of carbonyl (C=O) groups is 1. The lowest BCUT2D eigenvalue weighted by Gasteiger charge is -2.55. The summed E-state index contributed by atoms with van der Waals surface area (Å²) in [5.74, 6) is 4.42. The van der Waals surface area contributed by atoms with Gasteiger partial charge in [-0.1, -0.05) is 12.1 Å². The van der Waals surface area contributed by atoms with Crippen LogP contribution in [0, 0.1) is 35.0 Å². The molecule has 5 aliphatic rings. The van der Waals surface area contributed by atoms with Crippen LogP contribution in [0.5, 0.6) is 11.6 Å². The Hall–Kier alpha value is -3.11. The number of hydrogen-bond donors (Lipinski definition) is 2. The molecular weight excluding hydrogens is 450 g/mol. The van der Waals surface area contributed by atoms with Crippen LogP contribution in [0.1, 0.15) is 50.5 Å². The van der Waals surface area contributed by atoms with Gasteiger partial charge in [-0.2, -0.15) is 5.26 Å². The predicted octanol–water partition coefficient (Wildman–Crippen LogP) is 4.30. The molecule has 2 heterocycles. The summed E-state index contributed by atoms with van der Waals surface area (Å²) in [6.07, 6.45) is 10.5. The van der Waals surface area contributed by atoms with E-state index in [2.05, 4.69) is 16.4 Å². The molecule has 4 bridgehead atoms. The second-order valence-corrected chi connectivity index (χ2v) is 11.4. The number of anilines is 1. The second kappa shape index (κ2) is 9.74. The van der Waals surface area contributed by atoms with Crippen molar-refractivity contribution in [3.63, 3.8) is 0 Å². The van der Waals surface area contributed by atoms with E-state index in [0.717, 1.165) is 30.2 Å². The highest BCUT2D eigenvalue weighted by molar-refractivity contribution is 5.83. The van der Waals surface area contributed by atoms with Crippen LogP contribution in [0.3, 0.4) is 0 Å². The number of nitriles is 1. The molecule has 1 saturated heterocycles. The van der Waals surface area contributed by atoms with Crippen LogP contribution in [0.2, 0.25) is 0 Å². The maximum atomic E-state index is 13.8. The fourth-order valence-electron chi connectivity index (χ4n) is 7.51. The average Bonchev–Trinajstić information content (AvgIpc) is 3.36. The van der Waals surface area contributed by atoms with Crippen LogP contribution in [0.4, 0.5) is 5.69 Å². The summed E-state index contributed by atoms with van der Waals surface area (Å²) >= 11 is 0. The number of carbonyl (C=O) groups excluding carboxylic acids is 1. The van der Waals surface area contributed by atoms with E-state index in [0.29, 0.717) is 48.2 Å². The highest BCUT2D eigenvalue weighted by Crippen LogP contribution is 2.53. The molecule has 4 saturated carbocycles. The highest BCUT2D eigenvalue weighted by Gasteiger charge is 2.49. The molecule has 188 valence electrons. The van der Waals surface area contributed by atoms with Gasteiger partial charge < -0.3 is 20.7 Å². The Morgan fingerprint density at radius 3 is 2.47 bits per heavy atom. The lowest BCUT2D eigenvalue weighted by Crippen LogP contribution is -2.60. The van der Waals surface area contributed by atoms with Crippen LogP contribution in [0.15, 0.2) is 42.6 Å². The standard InChI is InChI=1S/C29H35N5O2/c30-16-24-2-1-9-34(24)29(35)26(33-28-21-11-19-10-20(13-21)14-22(28)12-19)15-18-3-6-25(7-4-18)36-27-8-5-23(31)17-32-27/h3-8,17,19-22,24,26,28,33H,1-2,9-15,31H2/t19?,20?,21?,22?,24?,26-,28?/m0/s1. The van der Waals surface area contributed by atoms with Gasteiger partial charge in [0.15, 0.2) is 0 Å². The summed E-state index contributed by atoms with van der Waals surface area (Å²) in [6, 6.07) is 13.5. The minimum Gasteiger partial charge on any atom is -0.439 e. The summed E-state index contributed by atoms with van der Waals surface area (Å²) in [5.41, 5.74) is 7.38. The maximum Gasteiger partial charge on any atom is 0.241 e. The molecule has 4 aliphatic carbocycles. The third-order valence-electron chi connectivity index (χ3n) is 8.95. The zero-order chi connectivity index (χ0) is 24.6. The van der Waals surface area contributed by atoms with Crippen LogP contribution in [-0.4, -0.2) is 40.5 Å². The summed E-state index contributed by atoms with van der Waals surface area (Å²) in [4.78, 5) is 19.8. The zero-order valence-corrected chi connectivity index (χ0v) is 20.7. The number of nitrogens with zero attached hydrogens (tertiary/aromatic N) is 3. The van der Waals surface area contributed by atoms with E-state index in [-0.39, 0.29) is 18.0 Å². The molecule has 1 aromatic carbocycles. The number of nitrogens with two attached hydrogens (primary N) is 1. The fourth-order valence-corrected chi connectivity index (χ4v) is 7.51. The Morgan fingerprint density at radius 1 is 1.11 bits per heavy atom. The van der Waals surface area contributed by atoms with Gasteiger partial charge in [0.25, 0.3) is 0 Å². The molecule has 1 aromatic heterocycles. The van der Waals surface area contributed by atoms with Crippen LogP contribution in [0.25, 0.3) is 0 Å². The number of amides is 1. The predicted molar refractivity (Wildman–Crippen MR) is 137 cm³/mol. The molecule has 1 unspecified atom stereocenters. The van der Waals surface area contributed by atoms with Gasteiger partial charge in [0, 0.05) is 18.7 Å². The minimum atomic E-state index is -0.313. The second-order valence-electron chi connectivity index (χ2n) is 11.4. The smallest absolute Gasteiger partial charge is 0.241 e. The van der Waals surface area contributed by atoms with Crippen molar-refractivity contribution in [2.24, 2.45) is 23.7 Å². The van der Waals surface area contributed by atoms with Gasteiger partial charge >= 0.3 is 0 Å². The lowest BCUT2D eigenvalue weighted by molar-refractivity contribution is -0.134. The molecule has 0 spiro atoms. The number of ether oxygens (including phenoxy) is 1. The van der Waals surface area contributed by atoms with E-state index in [1.54, 1.807) is 18.3 Å². The molecule has 7 nitrogen and oxygen atoms in total. The highest BCUT2D eigenvalue weighted by atomic mass is 16.5. The van der Waals surface area contributed by atoms with Crippen LogP contribution >= 0.6 is 0 Å². The van der Waals surface area contributed by atoms with Crippen molar-refractivity contribution in [2.45, 2.75) is 69.5 Å². The van der Waals surface area contributed by atoms with E-state index < -0.39 is 0 Å². The van der Waals surface area contributed by atoms with E-state index in [1.165, 1.54) is 32.1 Å². The van der Waals surface area contributed by atoms with Gasteiger partial charge in [0.1, 0.15) is 11.8 Å². The number of hydrogen-bond acceptors (Lipinski definition) is 6. The van der Waals surface area contributed by atoms with Gasteiger partial charge in [-0.05, 0) is 98.8 Å². The summed E-state index contributed by atoms with van der Waals surface area (Å²) < 4.78 is 5.84. The first-order chi connectivity index (χ1) is 17.6. The van der Waals surface area contributed by atoms with Gasteiger partial charge in [0.2, 0.25) is 11.8 Å². The number of benzene rings is 1. The SMILES string of the molecule is N#CC1CCCN1C(=O)[C@H](Cc1ccc(Oc2ccc(N)cn2)cc1)NC1C2CC3CC(C2)CC1C3. The number of pyridine rings is 1. The van der Waals surface area contributed by atoms with Crippen molar-refractivity contribution < 1.29 is 9.53 Å². The molecule has 3 N–H and O–H groups in total. The molecule has 7 heteroatoms. The van der Waals surface area contributed by atoms with E-state index >= 15 is 0 Å². The molecule has 5 fully saturated rings. The lowest BCUT2D eigenvalue weighted by atomic mass is 9.54. The van der Waals surface area contributed by atoms with Crippen molar-refractivity contribution in [3.05, 3.63) is 48.2 Å². The fraction of sp³-hybridized carbons (Fsp3) is 0.552. The third kappa shape index (κ3) is 4.67. The number of nitrogens with one attached hydrogen (secondary N) is 1. The largest absolute Gasteiger partial charge is 0.439 e. The topological polar surface area (TPSA) is 104 Å². The number of likely N-dealkylation sites (tertiary alicyclic amines) is 1. The molecule has 0 radical (unpaired) electrons. The van der Waals surface area contributed by atoms with Crippen molar-refractivity contribution in [2.75, 3.05) is 12.3 Å². The van der Waals surface area contributed by atoms with Crippen LogP contribution in [-0.2, 0) is 11.2 Å². The van der Waals surface area contributed by atoms with Gasteiger partial charge in [-0.15, -0.1) is 0 Å². The maximum absolute atomic E-state index is 13.8. The van der Waals surface area contributed by atoms with Gasteiger partial charge in [0.05, 0.1) is 24.0 Å². The Morgan fingerprint density at radius 2 is 1.83 bits per heavy atom. The number of nitrogen functional groups attached to an aromatic ring is 1. The molecule has 7 rings (SSSR count). The quantitative estimate of drug-likeness (QED) is 0.606. The first-order valence-corrected chi connectivity index (χ1v) is 13.5.